The Kier molecular flexibility index (Phi) is 4.93. The Bertz CT molecular complexity index is 710. The fraction of sp³-hybridized carbons (Fsp3) is 0.625. The molecule has 0 spiro atoms. The van der Waals surface area contributed by atoms with Gasteiger partial charge in [-0.25, -0.2) is 4.98 Å². The van der Waals surface area contributed by atoms with E-state index in [1.165, 1.54) is 24.9 Å². The fourth-order valence-electron chi connectivity index (χ4n) is 3.27. The highest BCUT2D eigenvalue weighted by Crippen LogP contribution is 2.32. The third-order valence-electron chi connectivity index (χ3n) is 4.61. The van der Waals surface area contributed by atoms with E-state index < -0.39 is 0 Å². The SMILES string of the molecule is COC(=O)C1CCN(C(=O)C[C@@H]2CSc3nc(C)cc(=O)n32)CC1. The maximum absolute atomic E-state index is 12.6. The minimum absolute atomic E-state index is 0.0317. The number of esters is 1. The number of amides is 1. The van der Waals surface area contributed by atoms with Gasteiger partial charge in [0.05, 0.1) is 19.1 Å². The molecule has 130 valence electrons. The first-order valence-electron chi connectivity index (χ1n) is 8.08. The van der Waals surface area contributed by atoms with Gasteiger partial charge in [-0.2, -0.15) is 0 Å². The van der Waals surface area contributed by atoms with Crippen LogP contribution in [0.1, 0.15) is 31.0 Å². The molecule has 0 saturated carbocycles. The van der Waals surface area contributed by atoms with Crippen molar-refractivity contribution in [3.8, 4) is 0 Å². The number of thioether (sulfide) groups is 1. The maximum Gasteiger partial charge on any atom is 0.308 e. The Morgan fingerprint density at radius 3 is 2.75 bits per heavy atom. The van der Waals surface area contributed by atoms with Crippen LogP contribution in [0.25, 0.3) is 0 Å². The van der Waals surface area contributed by atoms with Crippen LogP contribution in [-0.2, 0) is 14.3 Å². The van der Waals surface area contributed by atoms with Crippen molar-refractivity contribution in [1.29, 1.82) is 0 Å². The number of likely N-dealkylation sites (tertiary alicyclic amines) is 1. The molecule has 1 saturated heterocycles. The van der Waals surface area contributed by atoms with Crippen LogP contribution in [-0.4, -0.2) is 52.3 Å². The van der Waals surface area contributed by atoms with Gasteiger partial charge in [0, 0.05) is 37.0 Å². The lowest BCUT2D eigenvalue weighted by atomic mass is 9.96. The summed E-state index contributed by atoms with van der Waals surface area (Å²) in [4.78, 5) is 42.4. The molecular weight excluding hydrogens is 330 g/mol. The Balaban J connectivity index is 1.62. The van der Waals surface area contributed by atoms with Crippen LogP contribution in [0.15, 0.2) is 16.0 Å². The van der Waals surface area contributed by atoms with Gasteiger partial charge in [0.1, 0.15) is 0 Å². The predicted molar refractivity (Wildman–Crippen MR) is 88.9 cm³/mol. The summed E-state index contributed by atoms with van der Waals surface area (Å²) in [5.41, 5.74) is 0.611. The van der Waals surface area contributed by atoms with Gasteiger partial charge >= 0.3 is 5.97 Å². The van der Waals surface area contributed by atoms with Gasteiger partial charge in [-0.15, -0.1) is 0 Å². The van der Waals surface area contributed by atoms with Crippen LogP contribution in [0.2, 0.25) is 0 Å². The number of aromatic nitrogens is 2. The van der Waals surface area contributed by atoms with Gasteiger partial charge in [-0.1, -0.05) is 11.8 Å². The van der Waals surface area contributed by atoms with E-state index in [-0.39, 0.29) is 29.4 Å². The molecule has 0 bridgehead atoms. The number of carbonyl (C=O) groups excluding carboxylic acids is 2. The molecule has 8 heteroatoms. The van der Waals surface area contributed by atoms with Crippen LogP contribution >= 0.6 is 11.8 Å². The lowest BCUT2D eigenvalue weighted by molar-refractivity contribution is -0.149. The lowest BCUT2D eigenvalue weighted by Crippen LogP contribution is -2.41. The largest absolute Gasteiger partial charge is 0.469 e. The molecule has 0 aromatic carbocycles. The molecule has 2 aliphatic heterocycles. The van der Waals surface area contributed by atoms with Crippen molar-refractivity contribution >= 4 is 23.6 Å². The van der Waals surface area contributed by atoms with Crippen molar-refractivity contribution in [3.63, 3.8) is 0 Å². The van der Waals surface area contributed by atoms with Gasteiger partial charge < -0.3 is 9.64 Å². The number of methoxy groups -OCH3 is 1. The van der Waals surface area contributed by atoms with Crippen LogP contribution in [0.5, 0.6) is 0 Å². The van der Waals surface area contributed by atoms with E-state index >= 15 is 0 Å². The summed E-state index contributed by atoms with van der Waals surface area (Å²) in [6.07, 6.45) is 1.57. The number of nitrogens with zero attached hydrogens (tertiary/aromatic N) is 3. The van der Waals surface area contributed by atoms with Gasteiger partial charge in [0.15, 0.2) is 5.16 Å². The van der Waals surface area contributed by atoms with Gasteiger partial charge in [-0.05, 0) is 19.8 Å². The van der Waals surface area contributed by atoms with Gasteiger partial charge in [0.25, 0.3) is 5.56 Å². The van der Waals surface area contributed by atoms with Gasteiger partial charge in [-0.3, -0.25) is 19.0 Å². The molecule has 0 radical (unpaired) electrons. The van der Waals surface area contributed by atoms with Crippen molar-refractivity contribution in [2.24, 2.45) is 5.92 Å². The first kappa shape index (κ1) is 17.0. The third-order valence-corrected chi connectivity index (χ3v) is 5.71. The average molecular weight is 351 g/mol. The Hall–Kier alpha value is -1.83. The number of fused-ring (bicyclic) bond motifs is 1. The fourth-order valence-corrected chi connectivity index (χ4v) is 4.47. The number of ether oxygens (including phenoxy) is 1. The molecule has 2 aliphatic rings. The van der Waals surface area contributed by atoms with Crippen molar-refractivity contribution in [1.82, 2.24) is 14.5 Å². The molecule has 3 rings (SSSR count). The number of piperidine rings is 1. The molecule has 0 unspecified atom stereocenters. The summed E-state index contributed by atoms with van der Waals surface area (Å²) in [6.45, 7) is 2.92. The van der Waals surface area contributed by atoms with E-state index in [0.717, 1.165) is 0 Å². The number of hydrogen-bond acceptors (Lipinski definition) is 6. The van der Waals surface area contributed by atoms with E-state index in [2.05, 4.69) is 4.98 Å². The molecule has 1 amide bonds. The smallest absolute Gasteiger partial charge is 0.308 e. The maximum atomic E-state index is 12.6. The van der Waals surface area contributed by atoms with Crippen molar-refractivity contribution in [3.05, 3.63) is 22.1 Å². The standard InChI is InChI=1S/C16H21N3O4S/c1-10-7-14(21)19-12(9-24-16(19)17-10)8-13(20)18-5-3-11(4-6-18)15(22)23-2/h7,11-12H,3-6,8-9H2,1-2H3/t12-/m1/s1. The highest BCUT2D eigenvalue weighted by molar-refractivity contribution is 7.99. The quantitative estimate of drug-likeness (QED) is 0.597. The molecule has 1 fully saturated rings. The average Bonchev–Trinajstić information content (AvgIpc) is 2.97. The summed E-state index contributed by atoms with van der Waals surface area (Å²) < 4.78 is 6.40. The van der Waals surface area contributed by atoms with E-state index in [1.54, 1.807) is 16.4 Å². The van der Waals surface area contributed by atoms with Crippen molar-refractivity contribution in [2.45, 2.75) is 37.4 Å². The monoisotopic (exact) mass is 351 g/mol. The highest BCUT2D eigenvalue weighted by atomic mass is 32.2. The van der Waals surface area contributed by atoms with E-state index in [9.17, 15) is 14.4 Å². The zero-order valence-electron chi connectivity index (χ0n) is 13.9. The zero-order chi connectivity index (χ0) is 17.3. The Morgan fingerprint density at radius 2 is 2.08 bits per heavy atom. The minimum atomic E-state index is -0.198. The van der Waals surface area contributed by atoms with E-state index in [1.807, 2.05) is 0 Å². The summed E-state index contributed by atoms with van der Waals surface area (Å²) in [5, 5.41) is 0.696. The van der Waals surface area contributed by atoms with Crippen molar-refractivity contribution < 1.29 is 14.3 Å². The van der Waals surface area contributed by atoms with Crippen LogP contribution < -0.4 is 5.56 Å². The molecule has 1 aromatic rings. The van der Waals surface area contributed by atoms with Crippen molar-refractivity contribution in [2.75, 3.05) is 26.0 Å². The summed E-state index contributed by atoms with van der Waals surface area (Å²) in [5.74, 6) is 0.410. The Morgan fingerprint density at radius 1 is 1.38 bits per heavy atom. The lowest BCUT2D eigenvalue weighted by Gasteiger charge is -2.31. The number of hydrogen-bond donors (Lipinski definition) is 0. The Labute approximate surface area is 144 Å². The second-order valence-electron chi connectivity index (χ2n) is 6.24. The summed E-state index contributed by atoms with van der Waals surface area (Å²) >= 11 is 1.52. The first-order chi connectivity index (χ1) is 11.5. The zero-order valence-corrected chi connectivity index (χ0v) is 14.7. The normalized spacial score (nSPS) is 20.8. The van der Waals surface area contributed by atoms with E-state index in [0.29, 0.717) is 49.0 Å². The second-order valence-corrected chi connectivity index (χ2v) is 7.22. The van der Waals surface area contributed by atoms with E-state index in [4.69, 9.17) is 4.74 Å². The molecule has 1 atom stereocenters. The summed E-state index contributed by atoms with van der Waals surface area (Å²) in [7, 11) is 1.39. The van der Waals surface area contributed by atoms with Gasteiger partial charge in [0.2, 0.25) is 5.91 Å². The molecule has 7 nitrogen and oxygen atoms in total. The molecule has 0 N–H and O–H groups in total. The highest BCUT2D eigenvalue weighted by Gasteiger charge is 2.32. The predicted octanol–water partition coefficient (Wildman–Crippen LogP) is 1.00. The topological polar surface area (TPSA) is 81.5 Å². The second kappa shape index (κ2) is 6.96. The molecule has 3 heterocycles. The molecule has 1 aromatic heterocycles. The number of carbonyl (C=O) groups is 2. The number of rotatable bonds is 3. The third kappa shape index (κ3) is 3.33. The van der Waals surface area contributed by atoms with Crippen LogP contribution in [0, 0.1) is 12.8 Å². The van der Waals surface area contributed by atoms with Crippen LogP contribution in [0.4, 0.5) is 0 Å². The minimum Gasteiger partial charge on any atom is -0.469 e. The summed E-state index contributed by atoms with van der Waals surface area (Å²) in [6, 6.07) is 1.37. The number of aryl methyl sites for hydroxylation is 1. The first-order valence-corrected chi connectivity index (χ1v) is 9.06. The molecule has 24 heavy (non-hydrogen) atoms. The molecule has 0 aliphatic carbocycles. The van der Waals surface area contributed by atoms with Crippen LogP contribution in [0.3, 0.4) is 0 Å². The molecular formula is C16H21N3O4S.